The van der Waals surface area contributed by atoms with Crippen LogP contribution in [0.4, 0.5) is 4.79 Å². The molecular formula is C14H28O3. The van der Waals surface area contributed by atoms with E-state index in [1.165, 1.54) is 38.5 Å². The van der Waals surface area contributed by atoms with Gasteiger partial charge in [-0.15, -0.1) is 0 Å². The number of hydrogen-bond donors (Lipinski definition) is 0. The lowest BCUT2D eigenvalue weighted by Gasteiger charge is -2.05. The molecule has 0 aromatic rings. The van der Waals surface area contributed by atoms with Gasteiger partial charge in [-0.1, -0.05) is 58.8 Å². The first kappa shape index (κ1) is 16.3. The van der Waals surface area contributed by atoms with E-state index >= 15 is 0 Å². The molecule has 0 spiro atoms. The van der Waals surface area contributed by atoms with Gasteiger partial charge < -0.3 is 9.47 Å². The highest BCUT2D eigenvalue weighted by Crippen LogP contribution is 2.08. The van der Waals surface area contributed by atoms with Gasteiger partial charge in [-0.3, -0.25) is 0 Å². The molecule has 0 saturated heterocycles. The lowest BCUT2D eigenvalue weighted by molar-refractivity contribution is 0.0542. The monoisotopic (exact) mass is 244 g/mol. The second-order valence-electron chi connectivity index (χ2n) is 4.42. The fraction of sp³-hybridized carbons (Fsp3) is 0.929. The minimum atomic E-state index is -0.519. The van der Waals surface area contributed by atoms with Crippen LogP contribution in [0.3, 0.4) is 0 Å². The Bertz CT molecular complexity index is 169. The molecule has 0 aliphatic carbocycles. The van der Waals surface area contributed by atoms with Crippen LogP contribution in [-0.2, 0) is 9.47 Å². The van der Waals surface area contributed by atoms with Crippen LogP contribution in [0.25, 0.3) is 0 Å². The number of hydrogen-bond acceptors (Lipinski definition) is 3. The summed E-state index contributed by atoms with van der Waals surface area (Å²) in [6.45, 7) is 5.15. The maximum atomic E-state index is 11.0. The van der Waals surface area contributed by atoms with Crippen molar-refractivity contribution in [3.8, 4) is 0 Å². The SMILES string of the molecule is CCCCCCCCCCOC(=O)OCCC. The molecule has 0 aromatic heterocycles. The summed E-state index contributed by atoms with van der Waals surface area (Å²) in [6, 6.07) is 0. The van der Waals surface area contributed by atoms with Crippen LogP contribution in [-0.4, -0.2) is 19.4 Å². The molecule has 0 amide bonds. The molecule has 0 fully saturated rings. The molecule has 17 heavy (non-hydrogen) atoms. The van der Waals surface area contributed by atoms with Crippen LogP contribution >= 0.6 is 0 Å². The lowest BCUT2D eigenvalue weighted by Crippen LogP contribution is -2.08. The van der Waals surface area contributed by atoms with Gasteiger partial charge in [0.05, 0.1) is 13.2 Å². The highest BCUT2D eigenvalue weighted by molar-refractivity contribution is 5.59. The first-order valence-corrected chi connectivity index (χ1v) is 7.10. The third-order valence-corrected chi connectivity index (χ3v) is 2.64. The molecule has 0 N–H and O–H groups in total. The molecule has 0 bridgehead atoms. The van der Waals surface area contributed by atoms with Crippen LogP contribution in [0.15, 0.2) is 0 Å². The molecule has 3 nitrogen and oxygen atoms in total. The first-order valence-electron chi connectivity index (χ1n) is 7.10. The van der Waals surface area contributed by atoms with E-state index in [1.54, 1.807) is 0 Å². The molecule has 0 unspecified atom stereocenters. The van der Waals surface area contributed by atoms with E-state index in [-0.39, 0.29) is 0 Å². The number of ether oxygens (including phenoxy) is 2. The van der Waals surface area contributed by atoms with Crippen molar-refractivity contribution < 1.29 is 14.3 Å². The maximum absolute atomic E-state index is 11.0. The molecule has 0 heterocycles. The van der Waals surface area contributed by atoms with Gasteiger partial charge in [-0.2, -0.15) is 0 Å². The van der Waals surface area contributed by atoms with Crippen molar-refractivity contribution in [3.63, 3.8) is 0 Å². The minimum absolute atomic E-state index is 0.455. The predicted molar refractivity (Wildman–Crippen MR) is 70.2 cm³/mol. The van der Waals surface area contributed by atoms with Crippen LogP contribution in [0, 0.1) is 0 Å². The van der Waals surface area contributed by atoms with Gasteiger partial charge in [0.25, 0.3) is 0 Å². The minimum Gasteiger partial charge on any atom is -0.434 e. The zero-order valence-electron chi connectivity index (χ0n) is 11.5. The van der Waals surface area contributed by atoms with Gasteiger partial charge >= 0.3 is 6.16 Å². The highest BCUT2D eigenvalue weighted by atomic mass is 16.7. The summed E-state index contributed by atoms with van der Waals surface area (Å²) in [5.41, 5.74) is 0. The summed E-state index contributed by atoms with van der Waals surface area (Å²) in [7, 11) is 0. The molecule has 0 saturated carbocycles. The Hall–Kier alpha value is -0.730. The van der Waals surface area contributed by atoms with Crippen LogP contribution in [0.1, 0.15) is 71.6 Å². The van der Waals surface area contributed by atoms with Crippen LogP contribution in [0.5, 0.6) is 0 Å². The highest BCUT2D eigenvalue weighted by Gasteiger charge is 2.01. The summed E-state index contributed by atoms with van der Waals surface area (Å²) < 4.78 is 9.73. The molecule has 102 valence electrons. The summed E-state index contributed by atoms with van der Waals surface area (Å²) in [5, 5.41) is 0. The Kier molecular flexibility index (Phi) is 12.8. The van der Waals surface area contributed by atoms with E-state index in [2.05, 4.69) is 6.92 Å². The zero-order valence-corrected chi connectivity index (χ0v) is 11.5. The molecule has 0 aliphatic rings. The third-order valence-electron chi connectivity index (χ3n) is 2.64. The Morgan fingerprint density at radius 3 is 1.82 bits per heavy atom. The molecule has 0 rings (SSSR count). The van der Waals surface area contributed by atoms with Crippen molar-refractivity contribution >= 4 is 6.16 Å². The van der Waals surface area contributed by atoms with Crippen molar-refractivity contribution in [2.75, 3.05) is 13.2 Å². The van der Waals surface area contributed by atoms with Crippen molar-refractivity contribution in [2.24, 2.45) is 0 Å². The number of rotatable bonds is 11. The molecule has 0 atom stereocenters. The Morgan fingerprint density at radius 2 is 1.24 bits per heavy atom. The number of carbonyl (C=O) groups is 1. The van der Waals surface area contributed by atoms with Gasteiger partial charge in [0, 0.05) is 0 Å². The largest absolute Gasteiger partial charge is 0.508 e. The van der Waals surface area contributed by atoms with Gasteiger partial charge in [0.2, 0.25) is 0 Å². The van der Waals surface area contributed by atoms with Crippen LogP contribution < -0.4 is 0 Å². The first-order chi connectivity index (χ1) is 8.31. The van der Waals surface area contributed by atoms with Gasteiger partial charge in [-0.25, -0.2) is 4.79 Å². The average Bonchev–Trinajstić information content (AvgIpc) is 2.34. The fourth-order valence-corrected chi connectivity index (χ4v) is 1.62. The molecule has 0 aliphatic heterocycles. The van der Waals surface area contributed by atoms with E-state index < -0.39 is 6.16 Å². The van der Waals surface area contributed by atoms with E-state index in [9.17, 15) is 4.79 Å². The average molecular weight is 244 g/mol. The molecule has 0 radical (unpaired) electrons. The summed E-state index contributed by atoms with van der Waals surface area (Å²) in [4.78, 5) is 11.0. The second kappa shape index (κ2) is 13.3. The Balaban J connectivity index is 3.05. The van der Waals surface area contributed by atoms with Gasteiger partial charge in [-0.05, 0) is 12.8 Å². The van der Waals surface area contributed by atoms with Crippen molar-refractivity contribution in [1.82, 2.24) is 0 Å². The second-order valence-corrected chi connectivity index (χ2v) is 4.42. The molecule has 0 aromatic carbocycles. The topological polar surface area (TPSA) is 35.5 Å². The number of carbonyl (C=O) groups excluding carboxylic acids is 1. The molecular weight excluding hydrogens is 216 g/mol. The van der Waals surface area contributed by atoms with Gasteiger partial charge in [0.15, 0.2) is 0 Å². The van der Waals surface area contributed by atoms with Crippen molar-refractivity contribution in [1.29, 1.82) is 0 Å². The smallest absolute Gasteiger partial charge is 0.434 e. The van der Waals surface area contributed by atoms with Gasteiger partial charge in [0.1, 0.15) is 0 Å². The summed E-state index contributed by atoms with van der Waals surface area (Å²) in [6.07, 6.45) is 10.3. The van der Waals surface area contributed by atoms with Crippen molar-refractivity contribution in [3.05, 3.63) is 0 Å². The van der Waals surface area contributed by atoms with E-state index in [1.807, 2.05) is 6.92 Å². The molecule has 3 heteroatoms. The lowest BCUT2D eigenvalue weighted by atomic mass is 10.1. The van der Waals surface area contributed by atoms with Crippen molar-refractivity contribution in [2.45, 2.75) is 71.6 Å². The quantitative estimate of drug-likeness (QED) is 0.390. The Morgan fingerprint density at radius 1 is 0.706 bits per heavy atom. The fourth-order valence-electron chi connectivity index (χ4n) is 1.62. The van der Waals surface area contributed by atoms with E-state index in [4.69, 9.17) is 9.47 Å². The third kappa shape index (κ3) is 13.2. The number of unbranched alkanes of at least 4 members (excludes halogenated alkanes) is 7. The predicted octanol–water partition coefficient (Wildman–Crippen LogP) is 4.69. The maximum Gasteiger partial charge on any atom is 0.508 e. The van der Waals surface area contributed by atoms with E-state index in [0.717, 1.165) is 19.3 Å². The standard InChI is InChI=1S/C14H28O3/c1-3-5-6-7-8-9-10-11-13-17-14(15)16-12-4-2/h3-13H2,1-2H3. The van der Waals surface area contributed by atoms with Crippen LogP contribution in [0.2, 0.25) is 0 Å². The normalized spacial score (nSPS) is 10.2. The zero-order chi connectivity index (χ0) is 12.8. The summed E-state index contributed by atoms with van der Waals surface area (Å²) in [5.74, 6) is 0. The summed E-state index contributed by atoms with van der Waals surface area (Å²) >= 11 is 0. The van der Waals surface area contributed by atoms with E-state index in [0.29, 0.717) is 13.2 Å². The Labute approximate surface area is 106 Å².